The van der Waals surface area contributed by atoms with Crippen molar-refractivity contribution in [3.8, 4) is 39.1 Å². The fraction of sp³-hybridized carbons (Fsp3) is 0.0556. The first-order valence-electron chi connectivity index (χ1n) is 26.1. The molecule has 0 N–H and O–H groups in total. The van der Waals surface area contributed by atoms with Gasteiger partial charge in [-0.2, -0.15) is 0 Å². The summed E-state index contributed by atoms with van der Waals surface area (Å²) < 4.78 is 2.46. The molecule has 0 aliphatic heterocycles. The van der Waals surface area contributed by atoms with Crippen LogP contribution >= 0.6 is 0 Å². The van der Waals surface area contributed by atoms with Gasteiger partial charge in [0.05, 0.1) is 21.9 Å². The molecule has 4 aliphatic carbocycles. The SMILES string of the molecule is C1=Cc2cccc(N(c3ccc4c(c3)-c3ccccc3C43c4ccccc4-c4ccccc43)c3ccc4c(c3)c3cc(C5(c6ccccc6)c6ccccc6-c6ccccc65)ccc3n4-c3ccccc3)c2CC1. The van der Waals surface area contributed by atoms with E-state index in [1.54, 1.807) is 0 Å². The molecule has 11 aromatic carbocycles. The van der Waals surface area contributed by atoms with Crippen LogP contribution in [-0.2, 0) is 17.3 Å². The van der Waals surface area contributed by atoms with Gasteiger partial charge in [0.1, 0.15) is 0 Å². The maximum atomic E-state index is 2.56. The molecule has 0 radical (unpaired) electrons. The third-order valence-electron chi connectivity index (χ3n) is 17.1. The smallest absolute Gasteiger partial charge is 0.0725 e. The molecular formula is C72H48N2. The van der Waals surface area contributed by atoms with E-state index in [1.165, 1.54) is 117 Å². The molecule has 1 heterocycles. The Hall–Kier alpha value is -9.24. The van der Waals surface area contributed by atoms with E-state index in [0.717, 1.165) is 29.9 Å². The number of rotatable bonds is 6. The predicted octanol–water partition coefficient (Wildman–Crippen LogP) is 17.9. The second-order valence-electron chi connectivity index (χ2n) is 20.5. The largest absolute Gasteiger partial charge is 0.310 e. The third-order valence-corrected chi connectivity index (χ3v) is 17.1. The molecule has 4 aliphatic rings. The summed E-state index contributed by atoms with van der Waals surface area (Å²) in [5.41, 5.74) is 27.1. The number of hydrogen-bond donors (Lipinski definition) is 0. The molecule has 2 nitrogen and oxygen atoms in total. The van der Waals surface area contributed by atoms with Crippen molar-refractivity contribution in [2.45, 2.75) is 23.7 Å². The molecule has 12 aromatic rings. The van der Waals surface area contributed by atoms with Crippen LogP contribution in [0.5, 0.6) is 0 Å². The number of anilines is 3. The van der Waals surface area contributed by atoms with Crippen molar-refractivity contribution in [1.29, 1.82) is 0 Å². The van der Waals surface area contributed by atoms with E-state index in [0.29, 0.717) is 0 Å². The lowest BCUT2D eigenvalue weighted by Crippen LogP contribution is -2.28. The highest BCUT2D eigenvalue weighted by Crippen LogP contribution is 2.63. The highest BCUT2D eigenvalue weighted by molar-refractivity contribution is 6.11. The third kappa shape index (κ3) is 5.44. The van der Waals surface area contributed by atoms with Crippen LogP contribution in [0.4, 0.5) is 17.1 Å². The number of aromatic nitrogens is 1. The summed E-state index contributed by atoms with van der Waals surface area (Å²) in [4.78, 5) is 2.56. The summed E-state index contributed by atoms with van der Waals surface area (Å²) in [7, 11) is 0. The monoisotopic (exact) mass is 940 g/mol. The molecule has 1 aromatic heterocycles. The summed E-state index contributed by atoms with van der Waals surface area (Å²) in [5, 5.41) is 2.44. The summed E-state index contributed by atoms with van der Waals surface area (Å²) in [6, 6.07) is 96.3. The number of para-hydroxylation sites is 1. The van der Waals surface area contributed by atoms with Gasteiger partial charge in [-0.15, -0.1) is 0 Å². The maximum absolute atomic E-state index is 2.56. The van der Waals surface area contributed by atoms with Crippen LogP contribution in [0.15, 0.2) is 261 Å². The van der Waals surface area contributed by atoms with Gasteiger partial charge in [-0.05, 0) is 163 Å². The van der Waals surface area contributed by atoms with E-state index in [9.17, 15) is 0 Å². The van der Waals surface area contributed by atoms with Gasteiger partial charge in [0.15, 0.2) is 0 Å². The van der Waals surface area contributed by atoms with Crippen LogP contribution in [-0.4, -0.2) is 4.57 Å². The average molecular weight is 941 g/mol. The molecule has 1 spiro atoms. The summed E-state index contributed by atoms with van der Waals surface area (Å²) >= 11 is 0. The minimum absolute atomic E-state index is 0.410. The van der Waals surface area contributed by atoms with Crippen LogP contribution < -0.4 is 4.90 Å². The second-order valence-corrected chi connectivity index (χ2v) is 20.5. The lowest BCUT2D eigenvalue weighted by atomic mass is 9.67. The Morgan fingerprint density at radius 1 is 0.351 bits per heavy atom. The summed E-state index contributed by atoms with van der Waals surface area (Å²) in [6.07, 6.45) is 6.63. The zero-order chi connectivity index (χ0) is 48.5. The highest BCUT2D eigenvalue weighted by Gasteiger charge is 2.52. The number of fused-ring (bicyclic) bond motifs is 17. The molecule has 0 saturated heterocycles. The van der Waals surface area contributed by atoms with Gasteiger partial charge in [0, 0.05) is 33.5 Å². The fourth-order valence-corrected chi connectivity index (χ4v) is 14.3. The minimum Gasteiger partial charge on any atom is -0.310 e. The van der Waals surface area contributed by atoms with E-state index in [2.05, 4.69) is 276 Å². The topological polar surface area (TPSA) is 8.17 Å². The molecular weight excluding hydrogens is 893 g/mol. The van der Waals surface area contributed by atoms with Gasteiger partial charge in [-0.1, -0.05) is 206 Å². The quantitative estimate of drug-likeness (QED) is 0.161. The molecule has 2 heteroatoms. The Balaban J connectivity index is 0.963. The van der Waals surface area contributed by atoms with E-state index >= 15 is 0 Å². The minimum atomic E-state index is -0.525. The standard InChI is InChI=1S/C72H48N2/c1-3-22-48(23-4-1)71(62-32-14-9-27-54(62)55-28-10-15-33-63(55)71)49-38-42-69-60(44-49)61-46-52(40-43-70(61)74(69)50-24-5-2-6-25-50)73(68-37-19-21-47-20-7-8-26-53(47)68)51-39-41-67-59(45-51)58-31-13-18-36-66(58)72(67)64-34-16-11-29-56(64)57-30-12-17-35-65(57)72/h1-7,9-25,27-46H,8,26H2. The van der Waals surface area contributed by atoms with Crippen molar-refractivity contribution in [2.24, 2.45) is 0 Å². The Morgan fingerprint density at radius 2 is 0.838 bits per heavy atom. The maximum Gasteiger partial charge on any atom is 0.0725 e. The van der Waals surface area contributed by atoms with Crippen LogP contribution in [0.3, 0.4) is 0 Å². The van der Waals surface area contributed by atoms with Crippen molar-refractivity contribution in [3.63, 3.8) is 0 Å². The van der Waals surface area contributed by atoms with Gasteiger partial charge < -0.3 is 9.47 Å². The van der Waals surface area contributed by atoms with Gasteiger partial charge in [-0.3, -0.25) is 0 Å². The fourth-order valence-electron chi connectivity index (χ4n) is 14.3. The van der Waals surface area contributed by atoms with Crippen molar-refractivity contribution in [1.82, 2.24) is 4.57 Å². The number of allylic oxidation sites excluding steroid dienone is 1. The Morgan fingerprint density at radius 3 is 1.46 bits per heavy atom. The molecule has 346 valence electrons. The van der Waals surface area contributed by atoms with Gasteiger partial charge in [0.2, 0.25) is 0 Å². The Kier molecular flexibility index (Phi) is 8.74. The molecule has 0 saturated carbocycles. The van der Waals surface area contributed by atoms with Crippen LogP contribution in [0.2, 0.25) is 0 Å². The lowest BCUT2D eigenvalue weighted by molar-refractivity contribution is 0.770. The molecule has 0 atom stereocenters. The van der Waals surface area contributed by atoms with E-state index in [1.807, 2.05) is 0 Å². The molecule has 0 fully saturated rings. The first kappa shape index (κ1) is 41.4. The first-order valence-corrected chi connectivity index (χ1v) is 26.1. The van der Waals surface area contributed by atoms with Gasteiger partial charge in [0.25, 0.3) is 0 Å². The molecule has 16 rings (SSSR count). The van der Waals surface area contributed by atoms with E-state index in [-0.39, 0.29) is 0 Å². The van der Waals surface area contributed by atoms with E-state index < -0.39 is 10.8 Å². The summed E-state index contributed by atoms with van der Waals surface area (Å²) in [5.74, 6) is 0. The molecule has 0 amide bonds. The molecule has 0 bridgehead atoms. The number of hydrogen-bond acceptors (Lipinski definition) is 1. The molecule has 74 heavy (non-hydrogen) atoms. The highest BCUT2D eigenvalue weighted by atomic mass is 15.1. The van der Waals surface area contributed by atoms with Gasteiger partial charge in [-0.25, -0.2) is 0 Å². The predicted molar refractivity (Wildman–Crippen MR) is 306 cm³/mol. The number of benzene rings is 11. The first-order chi connectivity index (χ1) is 36.7. The van der Waals surface area contributed by atoms with Crippen LogP contribution in [0.1, 0.15) is 62.1 Å². The van der Waals surface area contributed by atoms with Gasteiger partial charge >= 0.3 is 0 Å². The zero-order valence-corrected chi connectivity index (χ0v) is 40.7. The van der Waals surface area contributed by atoms with Crippen molar-refractivity contribution >= 4 is 44.9 Å². The normalized spacial score (nSPS) is 14.5. The second kappa shape index (κ2) is 15.6. The Labute approximate surface area is 431 Å². The average Bonchev–Trinajstić information content (AvgIpc) is 4.16. The lowest BCUT2D eigenvalue weighted by Gasteiger charge is -2.34. The summed E-state index contributed by atoms with van der Waals surface area (Å²) in [6.45, 7) is 0. The van der Waals surface area contributed by atoms with Crippen LogP contribution in [0, 0.1) is 0 Å². The van der Waals surface area contributed by atoms with Crippen LogP contribution in [0.25, 0.3) is 66.9 Å². The van der Waals surface area contributed by atoms with Crippen molar-refractivity contribution in [3.05, 3.63) is 316 Å². The zero-order valence-electron chi connectivity index (χ0n) is 40.7. The number of nitrogens with zero attached hydrogens (tertiary/aromatic N) is 2. The van der Waals surface area contributed by atoms with Crippen molar-refractivity contribution in [2.75, 3.05) is 4.90 Å². The molecule has 0 unspecified atom stereocenters. The van der Waals surface area contributed by atoms with Crippen molar-refractivity contribution < 1.29 is 0 Å². The van der Waals surface area contributed by atoms with E-state index in [4.69, 9.17) is 0 Å². The Bertz CT molecular complexity index is 4230.